The lowest BCUT2D eigenvalue weighted by atomic mass is 10.3. The number of nitrogens with zero attached hydrogens (tertiary/aromatic N) is 1. The Kier molecular flexibility index (Phi) is 3.33. The second-order valence-electron chi connectivity index (χ2n) is 2.78. The summed E-state index contributed by atoms with van der Waals surface area (Å²) in [6, 6.07) is 3.75. The van der Waals surface area contributed by atoms with E-state index in [4.69, 9.17) is 4.74 Å². The number of aromatic nitrogens is 1. The average Bonchev–Trinajstić information content (AvgIpc) is 2.05. The number of rotatable bonds is 3. The first-order valence-corrected chi connectivity index (χ1v) is 3.95. The second-order valence-corrected chi connectivity index (χ2v) is 2.78. The molecule has 0 saturated carbocycles. The van der Waals surface area contributed by atoms with Crippen molar-refractivity contribution in [3.63, 3.8) is 0 Å². The van der Waals surface area contributed by atoms with Crippen LogP contribution in [0.1, 0.15) is 13.8 Å². The molecule has 0 unspecified atom stereocenters. The van der Waals surface area contributed by atoms with Gasteiger partial charge >= 0.3 is 0 Å². The molecule has 0 amide bonds. The number of allylic oxidation sites excluding steroid dienone is 1. The van der Waals surface area contributed by atoms with E-state index in [0.717, 1.165) is 5.75 Å². The Bertz CT molecular complexity index is 250. The predicted octanol–water partition coefficient (Wildman–Crippen LogP) is 2.43. The summed E-state index contributed by atoms with van der Waals surface area (Å²) in [7, 11) is 0. The summed E-state index contributed by atoms with van der Waals surface area (Å²) in [6.45, 7) is 4.72. The van der Waals surface area contributed by atoms with E-state index in [0.29, 0.717) is 6.61 Å². The molecular weight excluding hydrogens is 150 g/mol. The molecule has 2 heteroatoms. The fraction of sp³-hybridized carbons (Fsp3) is 0.300. The van der Waals surface area contributed by atoms with Crippen molar-refractivity contribution in [1.82, 2.24) is 4.98 Å². The van der Waals surface area contributed by atoms with Gasteiger partial charge in [0.15, 0.2) is 0 Å². The van der Waals surface area contributed by atoms with Crippen molar-refractivity contribution in [3.8, 4) is 5.75 Å². The van der Waals surface area contributed by atoms with Crippen LogP contribution < -0.4 is 4.74 Å². The summed E-state index contributed by atoms with van der Waals surface area (Å²) in [5.41, 5.74) is 1.26. The van der Waals surface area contributed by atoms with Gasteiger partial charge in [0.25, 0.3) is 0 Å². The Morgan fingerprint density at radius 2 is 2.42 bits per heavy atom. The summed E-state index contributed by atoms with van der Waals surface area (Å²) in [4.78, 5) is 3.94. The Balaban J connectivity index is 2.39. The third-order valence-electron chi connectivity index (χ3n) is 1.38. The van der Waals surface area contributed by atoms with Crippen LogP contribution in [0.25, 0.3) is 0 Å². The molecule has 0 aliphatic carbocycles. The molecule has 0 fully saturated rings. The highest BCUT2D eigenvalue weighted by molar-refractivity contribution is 5.15. The largest absolute Gasteiger partial charge is 0.488 e. The van der Waals surface area contributed by atoms with Crippen LogP contribution in [-0.2, 0) is 0 Å². The predicted molar refractivity (Wildman–Crippen MR) is 49.2 cm³/mol. The maximum atomic E-state index is 5.38. The Morgan fingerprint density at radius 3 is 3.00 bits per heavy atom. The van der Waals surface area contributed by atoms with Crippen molar-refractivity contribution in [2.75, 3.05) is 6.61 Å². The van der Waals surface area contributed by atoms with E-state index in [2.05, 4.69) is 4.98 Å². The maximum absolute atomic E-state index is 5.38. The first-order valence-electron chi connectivity index (χ1n) is 3.95. The minimum atomic E-state index is 0.619. The van der Waals surface area contributed by atoms with Gasteiger partial charge in [-0.05, 0) is 32.1 Å². The van der Waals surface area contributed by atoms with E-state index < -0.39 is 0 Å². The molecule has 0 N–H and O–H groups in total. The molecule has 0 aromatic carbocycles. The number of ether oxygens (including phenoxy) is 1. The van der Waals surface area contributed by atoms with Crippen LogP contribution >= 0.6 is 0 Å². The molecule has 0 aliphatic rings. The third kappa shape index (κ3) is 3.19. The number of hydrogen-bond donors (Lipinski definition) is 0. The molecule has 0 radical (unpaired) electrons. The highest BCUT2D eigenvalue weighted by Gasteiger charge is 1.88. The molecule has 64 valence electrons. The van der Waals surface area contributed by atoms with Gasteiger partial charge in [0.05, 0.1) is 6.20 Å². The Labute approximate surface area is 72.9 Å². The highest BCUT2D eigenvalue weighted by Crippen LogP contribution is 2.05. The van der Waals surface area contributed by atoms with Crippen LogP contribution in [0.15, 0.2) is 36.2 Å². The van der Waals surface area contributed by atoms with Gasteiger partial charge in [-0.1, -0.05) is 5.57 Å². The zero-order valence-corrected chi connectivity index (χ0v) is 7.45. The standard InChI is InChI=1S/C10H13NO/c1-9(2)5-7-12-10-4-3-6-11-8-10/h3-6,8H,7H2,1-2H3. The van der Waals surface area contributed by atoms with Crippen molar-refractivity contribution in [1.29, 1.82) is 0 Å². The Morgan fingerprint density at radius 1 is 1.58 bits per heavy atom. The minimum absolute atomic E-state index is 0.619. The monoisotopic (exact) mass is 163 g/mol. The molecule has 0 aliphatic heterocycles. The van der Waals surface area contributed by atoms with Gasteiger partial charge in [-0.3, -0.25) is 4.98 Å². The summed E-state index contributed by atoms with van der Waals surface area (Å²) in [5.74, 6) is 0.815. The van der Waals surface area contributed by atoms with Crippen LogP contribution in [0, 0.1) is 0 Å². The number of pyridine rings is 1. The molecule has 1 heterocycles. The van der Waals surface area contributed by atoms with E-state index in [-0.39, 0.29) is 0 Å². The summed E-state index contributed by atoms with van der Waals surface area (Å²) in [5, 5.41) is 0. The Hall–Kier alpha value is -1.31. The molecule has 0 atom stereocenters. The number of hydrogen-bond acceptors (Lipinski definition) is 2. The van der Waals surface area contributed by atoms with Crippen LogP contribution in [0.3, 0.4) is 0 Å². The van der Waals surface area contributed by atoms with Crippen molar-refractivity contribution >= 4 is 0 Å². The summed E-state index contributed by atoms with van der Waals surface area (Å²) < 4.78 is 5.38. The normalized spacial score (nSPS) is 9.17. The molecule has 12 heavy (non-hydrogen) atoms. The van der Waals surface area contributed by atoms with E-state index in [1.807, 2.05) is 32.1 Å². The lowest BCUT2D eigenvalue weighted by molar-refractivity contribution is 0.360. The van der Waals surface area contributed by atoms with E-state index >= 15 is 0 Å². The first kappa shape index (κ1) is 8.78. The van der Waals surface area contributed by atoms with Gasteiger partial charge in [0.1, 0.15) is 12.4 Å². The van der Waals surface area contributed by atoms with Crippen LogP contribution in [0.2, 0.25) is 0 Å². The molecule has 0 spiro atoms. The summed E-state index contributed by atoms with van der Waals surface area (Å²) in [6.07, 6.45) is 5.47. The van der Waals surface area contributed by atoms with E-state index in [9.17, 15) is 0 Å². The smallest absolute Gasteiger partial charge is 0.138 e. The van der Waals surface area contributed by atoms with Gasteiger partial charge in [-0.15, -0.1) is 0 Å². The second kappa shape index (κ2) is 4.54. The van der Waals surface area contributed by atoms with Gasteiger partial charge in [0.2, 0.25) is 0 Å². The fourth-order valence-electron chi connectivity index (χ4n) is 0.737. The van der Waals surface area contributed by atoms with E-state index in [1.54, 1.807) is 12.4 Å². The summed E-state index contributed by atoms with van der Waals surface area (Å²) >= 11 is 0. The van der Waals surface area contributed by atoms with Crippen molar-refractivity contribution in [3.05, 3.63) is 36.2 Å². The lowest BCUT2D eigenvalue weighted by Gasteiger charge is -2.01. The molecule has 0 saturated heterocycles. The lowest BCUT2D eigenvalue weighted by Crippen LogP contribution is -1.93. The molecule has 1 rings (SSSR count). The van der Waals surface area contributed by atoms with Crippen molar-refractivity contribution in [2.24, 2.45) is 0 Å². The SMILES string of the molecule is CC(C)=CCOc1cccnc1. The molecule has 0 bridgehead atoms. The zero-order chi connectivity index (χ0) is 8.81. The third-order valence-corrected chi connectivity index (χ3v) is 1.38. The van der Waals surface area contributed by atoms with Crippen LogP contribution in [-0.4, -0.2) is 11.6 Å². The van der Waals surface area contributed by atoms with Crippen molar-refractivity contribution in [2.45, 2.75) is 13.8 Å². The van der Waals surface area contributed by atoms with Crippen molar-refractivity contribution < 1.29 is 4.74 Å². The molecular formula is C10H13NO. The van der Waals surface area contributed by atoms with Crippen LogP contribution in [0.5, 0.6) is 5.75 Å². The average molecular weight is 163 g/mol. The van der Waals surface area contributed by atoms with Gasteiger partial charge in [-0.2, -0.15) is 0 Å². The van der Waals surface area contributed by atoms with Crippen LogP contribution in [0.4, 0.5) is 0 Å². The fourth-order valence-corrected chi connectivity index (χ4v) is 0.737. The topological polar surface area (TPSA) is 22.1 Å². The van der Waals surface area contributed by atoms with Gasteiger partial charge in [-0.25, -0.2) is 0 Å². The molecule has 1 aromatic heterocycles. The molecule has 1 aromatic rings. The van der Waals surface area contributed by atoms with Gasteiger partial charge in [0, 0.05) is 6.20 Å². The van der Waals surface area contributed by atoms with E-state index in [1.165, 1.54) is 5.57 Å². The quantitative estimate of drug-likeness (QED) is 0.638. The zero-order valence-electron chi connectivity index (χ0n) is 7.45. The maximum Gasteiger partial charge on any atom is 0.138 e. The minimum Gasteiger partial charge on any atom is -0.488 e. The first-order chi connectivity index (χ1) is 5.79. The highest BCUT2D eigenvalue weighted by atomic mass is 16.5. The molecule has 2 nitrogen and oxygen atoms in total. The van der Waals surface area contributed by atoms with Gasteiger partial charge < -0.3 is 4.74 Å².